The maximum atomic E-state index is 12.3. The van der Waals surface area contributed by atoms with Gasteiger partial charge in [-0.25, -0.2) is 0 Å². The van der Waals surface area contributed by atoms with Crippen LogP contribution in [0.3, 0.4) is 0 Å². The molecule has 2 aromatic carbocycles. The van der Waals surface area contributed by atoms with E-state index in [9.17, 15) is 9.90 Å². The molecule has 5 nitrogen and oxygen atoms in total. The third-order valence-corrected chi connectivity index (χ3v) is 5.41. The van der Waals surface area contributed by atoms with Crippen molar-refractivity contribution < 1.29 is 14.6 Å². The number of amides is 1. The van der Waals surface area contributed by atoms with E-state index >= 15 is 0 Å². The molecular formula is C23H30N2O3. The second-order valence-corrected chi connectivity index (χ2v) is 7.45. The Kier molecular flexibility index (Phi) is 6.70. The molecule has 0 unspecified atom stereocenters. The quantitative estimate of drug-likeness (QED) is 0.772. The van der Waals surface area contributed by atoms with Gasteiger partial charge in [0.05, 0.1) is 12.2 Å². The number of carbonyl (C=O) groups excluding carboxylic acids is 1. The average Bonchev–Trinajstić information content (AvgIpc) is 2.71. The van der Waals surface area contributed by atoms with Crippen LogP contribution in [-0.4, -0.2) is 48.7 Å². The summed E-state index contributed by atoms with van der Waals surface area (Å²) in [5.41, 5.74) is 2.10. The van der Waals surface area contributed by atoms with Gasteiger partial charge in [0.15, 0.2) is 0 Å². The number of likely N-dealkylation sites (tertiary alicyclic amines) is 1. The minimum absolute atomic E-state index is 0.0729. The highest BCUT2D eigenvalue weighted by atomic mass is 16.5. The number of nitrogens with one attached hydrogen (secondary N) is 1. The Hall–Kier alpha value is -2.37. The number of aliphatic hydroxyl groups is 1. The van der Waals surface area contributed by atoms with E-state index in [1.165, 1.54) is 5.56 Å². The summed E-state index contributed by atoms with van der Waals surface area (Å²) in [6, 6.07) is 15.4. The lowest BCUT2D eigenvalue weighted by molar-refractivity contribution is -0.0255. The molecule has 0 aliphatic carbocycles. The number of rotatable bonds is 7. The minimum atomic E-state index is -0.740. The normalized spacial score (nSPS) is 16.5. The molecule has 3 rings (SSSR count). The molecule has 150 valence electrons. The van der Waals surface area contributed by atoms with Crippen LogP contribution in [0.25, 0.3) is 0 Å². The summed E-state index contributed by atoms with van der Waals surface area (Å²) >= 11 is 0. The molecule has 1 heterocycles. The van der Waals surface area contributed by atoms with Gasteiger partial charge in [0.25, 0.3) is 5.91 Å². The van der Waals surface area contributed by atoms with Gasteiger partial charge in [0.1, 0.15) is 5.75 Å². The van der Waals surface area contributed by atoms with Gasteiger partial charge < -0.3 is 20.1 Å². The molecule has 0 atom stereocenters. The number of nitrogens with zero attached hydrogens (tertiary/aromatic N) is 1. The molecule has 0 aromatic heterocycles. The van der Waals surface area contributed by atoms with Gasteiger partial charge in [0, 0.05) is 31.7 Å². The molecule has 1 aliphatic rings. The van der Waals surface area contributed by atoms with E-state index in [0.717, 1.165) is 30.9 Å². The maximum Gasteiger partial charge on any atom is 0.251 e. The number of ether oxygens (including phenoxy) is 1. The minimum Gasteiger partial charge on any atom is -0.494 e. The predicted octanol–water partition coefficient (Wildman–Crippen LogP) is 3.11. The van der Waals surface area contributed by atoms with Crippen LogP contribution < -0.4 is 10.1 Å². The number of hydrogen-bond acceptors (Lipinski definition) is 4. The van der Waals surface area contributed by atoms with Crippen molar-refractivity contribution >= 4 is 5.91 Å². The number of aryl methyl sites for hydroxylation is 1. The summed E-state index contributed by atoms with van der Waals surface area (Å²) in [6.07, 6.45) is 1.42. The zero-order valence-corrected chi connectivity index (χ0v) is 16.8. The Labute approximate surface area is 167 Å². The van der Waals surface area contributed by atoms with E-state index in [1.54, 1.807) is 12.1 Å². The fourth-order valence-corrected chi connectivity index (χ4v) is 3.60. The van der Waals surface area contributed by atoms with E-state index in [2.05, 4.69) is 29.3 Å². The summed E-state index contributed by atoms with van der Waals surface area (Å²) in [6.45, 7) is 7.62. The van der Waals surface area contributed by atoms with Crippen molar-refractivity contribution in [3.63, 3.8) is 0 Å². The second-order valence-electron chi connectivity index (χ2n) is 7.45. The van der Waals surface area contributed by atoms with Crippen molar-refractivity contribution in [1.82, 2.24) is 10.2 Å². The first-order valence-electron chi connectivity index (χ1n) is 10.0. The molecular weight excluding hydrogens is 352 g/mol. The molecule has 2 N–H and O–H groups in total. The molecule has 1 aliphatic heterocycles. The first kappa shape index (κ1) is 20.4. The van der Waals surface area contributed by atoms with Crippen molar-refractivity contribution in [3.8, 4) is 5.75 Å². The van der Waals surface area contributed by atoms with E-state index in [-0.39, 0.29) is 5.91 Å². The lowest BCUT2D eigenvalue weighted by Crippen LogP contribution is -2.45. The number of piperidine rings is 1. The molecule has 0 bridgehead atoms. The van der Waals surface area contributed by atoms with Crippen LogP contribution in [0.2, 0.25) is 0 Å². The van der Waals surface area contributed by atoms with Gasteiger partial charge in [-0.1, -0.05) is 29.8 Å². The molecule has 1 amide bonds. The average molecular weight is 383 g/mol. The number of hydrogen-bond donors (Lipinski definition) is 2. The Morgan fingerprint density at radius 2 is 1.75 bits per heavy atom. The molecule has 1 saturated heterocycles. The van der Waals surface area contributed by atoms with Gasteiger partial charge in [0.2, 0.25) is 0 Å². The molecule has 28 heavy (non-hydrogen) atoms. The zero-order chi connectivity index (χ0) is 20.0. The third kappa shape index (κ3) is 5.12. The summed E-state index contributed by atoms with van der Waals surface area (Å²) in [7, 11) is 0. The standard InChI is InChI=1S/C23H30N2O3/c1-3-28-21-10-6-19(7-11-21)22(26)24-14-17-25-15-12-23(27,13-16-25)20-8-4-18(2)5-9-20/h4-11,27H,3,12-17H2,1-2H3,(H,24,26). The van der Waals surface area contributed by atoms with Crippen LogP contribution >= 0.6 is 0 Å². The van der Waals surface area contributed by atoms with Crippen molar-refractivity contribution in [1.29, 1.82) is 0 Å². The zero-order valence-electron chi connectivity index (χ0n) is 16.8. The first-order chi connectivity index (χ1) is 13.5. The fourth-order valence-electron chi connectivity index (χ4n) is 3.60. The highest BCUT2D eigenvalue weighted by Crippen LogP contribution is 2.32. The lowest BCUT2D eigenvalue weighted by Gasteiger charge is -2.38. The van der Waals surface area contributed by atoms with E-state index in [1.807, 2.05) is 31.2 Å². The Morgan fingerprint density at radius 1 is 1.11 bits per heavy atom. The van der Waals surface area contributed by atoms with Crippen LogP contribution in [0.4, 0.5) is 0 Å². The van der Waals surface area contributed by atoms with E-state index in [0.29, 0.717) is 31.6 Å². The third-order valence-electron chi connectivity index (χ3n) is 5.41. The van der Waals surface area contributed by atoms with Crippen LogP contribution in [0.1, 0.15) is 41.3 Å². The van der Waals surface area contributed by atoms with E-state index < -0.39 is 5.60 Å². The molecule has 0 radical (unpaired) electrons. The van der Waals surface area contributed by atoms with Gasteiger partial charge >= 0.3 is 0 Å². The Bertz CT molecular complexity index is 763. The van der Waals surface area contributed by atoms with Crippen LogP contribution in [0.15, 0.2) is 48.5 Å². The predicted molar refractivity (Wildman–Crippen MR) is 111 cm³/mol. The Balaban J connectivity index is 1.42. The smallest absolute Gasteiger partial charge is 0.251 e. The van der Waals surface area contributed by atoms with Crippen molar-refractivity contribution in [2.45, 2.75) is 32.3 Å². The van der Waals surface area contributed by atoms with Crippen LogP contribution in [0.5, 0.6) is 5.75 Å². The molecule has 5 heteroatoms. The number of carbonyl (C=O) groups is 1. The molecule has 0 saturated carbocycles. The van der Waals surface area contributed by atoms with Crippen molar-refractivity contribution in [2.24, 2.45) is 0 Å². The first-order valence-corrected chi connectivity index (χ1v) is 10.0. The molecule has 1 fully saturated rings. The van der Waals surface area contributed by atoms with Gasteiger partial charge in [-0.15, -0.1) is 0 Å². The summed E-state index contributed by atoms with van der Waals surface area (Å²) < 4.78 is 5.40. The summed E-state index contributed by atoms with van der Waals surface area (Å²) in [5, 5.41) is 13.9. The highest BCUT2D eigenvalue weighted by Gasteiger charge is 2.33. The summed E-state index contributed by atoms with van der Waals surface area (Å²) in [5.74, 6) is 0.699. The molecule has 0 spiro atoms. The Morgan fingerprint density at radius 3 is 2.36 bits per heavy atom. The maximum absolute atomic E-state index is 12.3. The van der Waals surface area contributed by atoms with Crippen LogP contribution in [0, 0.1) is 6.92 Å². The highest BCUT2D eigenvalue weighted by molar-refractivity contribution is 5.94. The topological polar surface area (TPSA) is 61.8 Å². The summed E-state index contributed by atoms with van der Waals surface area (Å²) in [4.78, 5) is 14.6. The monoisotopic (exact) mass is 382 g/mol. The molecule has 2 aromatic rings. The number of benzene rings is 2. The van der Waals surface area contributed by atoms with Gasteiger partial charge in [-0.2, -0.15) is 0 Å². The SMILES string of the molecule is CCOc1ccc(C(=O)NCCN2CCC(O)(c3ccc(C)cc3)CC2)cc1. The lowest BCUT2D eigenvalue weighted by atomic mass is 9.84. The van der Waals surface area contributed by atoms with Gasteiger partial charge in [-0.05, 0) is 56.5 Å². The van der Waals surface area contributed by atoms with Crippen molar-refractivity contribution in [3.05, 3.63) is 65.2 Å². The van der Waals surface area contributed by atoms with Gasteiger partial charge in [-0.3, -0.25) is 4.79 Å². The largest absolute Gasteiger partial charge is 0.494 e. The fraction of sp³-hybridized carbons (Fsp3) is 0.435. The van der Waals surface area contributed by atoms with E-state index in [4.69, 9.17) is 4.74 Å². The second kappa shape index (κ2) is 9.22. The van der Waals surface area contributed by atoms with Crippen molar-refractivity contribution in [2.75, 3.05) is 32.8 Å². The van der Waals surface area contributed by atoms with Crippen LogP contribution in [-0.2, 0) is 5.60 Å².